The Hall–Kier alpha value is -6.06. The van der Waals surface area contributed by atoms with Crippen molar-refractivity contribution in [3.8, 4) is 0 Å². The van der Waals surface area contributed by atoms with E-state index in [1.165, 1.54) is 102 Å². The molecule has 0 radical (unpaired) electrons. The second-order valence-electron chi connectivity index (χ2n) is 21.9. The first-order chi connectivity index (χ1) is 34.6. The van der Waals surface area contributed by atoms with E-state index in [9.17, 15) is 0 Å². The van der Waals surface area contributed by atoms with Gasteiger partial charge in [0.05, 0.1) is 12.1 Å². The van der Waals surface area contributed by atoms with E-state index in [1.54, 1.807) is 11.1 Å². The summed E-state index contributed by atoms with van der Waals surface area (Å²) in [6.45, 7) is 2.39. The van der Waals surface area contributed by atoms with Crippen LogP contribution in [0.4, 0.5) is 11.4 Å². The van der Waals surface area contributed by atoms with Gasteiger partial charge < -0.3 is 14.7 Å². The molecule has 1 aliphatic heterocycles. The Morgan fingerprint density at radius 1 is 0.557 bits per heavy atom. The van der Waals surface area contributed by atoms with Crippen molar-refractivity contribution in [3.63, 3.8) is 0 Å². The van der Waals surface area contributed by atoms with E-state index < -0.39 is 0 Å². The van der Waals surface area contributed by atoms with E-state index in [2.05, 4.69) is 210 Å². The van der Waals surface area contributed by atoms with Gasteiger partial charge in [-0.05, 0) is 177 Å². The van der Waals surface area contributed by atoms with Crippen molar-refractivity contribution < 1.29 is 0 Å². The maximum atomic E-state index is 2.84. The summed E-state index contributed by atoms with van der Waals surface area (Å²) in [7, 11) is 0. The van der Waals surface area contributed by atoms with Gasteiger partial charge in [-0.2, -0.15) is 0 Å². The molecule has 0 fully saturated rings. The lowest BCUT2D eigenvalue weighted by atomic mass is 9.76. The molecule has 0 saturated heterocycles. The van der Waals surface area contributed by atoms with Crippen molar-refractivity contribution in [1.82, 2.24) is 4.90 Å². The predicted octanol–water partition coefficient (Wildman–Crippen LogP) is 16.7. The van der Waals surface area contributed by atoms with E-state index in [0.29, 0.717) is 41.9 Å². The molecule has 1 heterocycles. The topological polar surface area (TPSA) is 9.72 Å². The maximum absolute atomic E-state index is 2.84. The zero-order valence-electron chi connectivity index (χ0n) is 41.5. The zero-order valence-corrected chi connectivity index (χ0v) is 41.5. The summed E-state index contributed by atoms with van der Waals surface area (Å²) >= 11 is 0. The van der Waals surface area contributed by atoms with Gasteiger partial charge in [0, 0.05) is 58.8 Å². The van der Waals surface area contributed by atoms with Crippen molar-refractivity contribution in [2.24, 2.45) is 17.8 Å². The minimum atomic E-state index is 0.299. The van der Waals surface area contributed by atoms with Gasteiger partial charge in [-0.25, -0.2) is 0 Å². The molecule has 0 aromatic heterocycles. The normalized spacial score (nSPS) is 30.1. The molecule has 70 heavy (non-hydrogen) atoms. The molecule has 0 saturated carbocycles. The first kappa shape index (κ1) is 45.1. The monoisotopic (exact) mass is 920 g/mol. The van der Waals surface area contributed by atoms with Crippen molar-refractivity contribution in [2.75, 3.05) is 9.80 Å². The Bertz CT molecular complexity index is 2760. The number of rotatable bonds is 11. The van der Waals surface area contributed by atoms with Crippen molar-refractivity contribution >= 4 is 16.9 Å². The van der Waals surface area contributed by atoms with E-state index in [4.69, 9.17) is 0 Å². The van der Waals surface area contributed by atoms with Gasteiger partial charge in [0.1, 0.15) is 0 Å². The van der Waals surface area contributed by atoms with E-state index in [-0.39, 0.29) is 0 Å². The largest absolute Gasteiger partial charge is 0.358 e. The third-order valence-electron chi connectivity index (χ3n) is 17.6. The van der Waals surface area contributed by atoms with Crippen LogP contribution in [0.5, 0.6) is 0 Å². The highest BCUT2D eigenvalue weighted by Crippen LogP contribution is 2.49. The number of benzene rings is 3. The van der Waals surface area contributed by atoms with Crippen LogP contribution in [0.1, 0.15) is 132 Å². The fraction of sp³-hybridized carbons (Fsp3) is 0.373. The molecule has 356 valence electrons. The number of fused-ring (bicyclic) bond motifs is 2. The summed E-state index contributed by atoms with van der Waals surface area (Å²) in [4.78, 5) is 8.27. The SMILES string of the molecule is C[C@H]1C=CC2=C(C1)C1=CC=C(N(C3=CCC(C4CC=CCC4)CC3)c3ccc(C4C=CC(N(c5ccc(C6C=CC=CC6)cc5)C5C=CC(c6ccccc6)=CC5)CC4)cc3)CC1N2C1C=CCCC1. The number of anilines is 2. The summed E-state index contributed by atoms with van der Waals surface area (Å²) < 4.78 is 0. The number of allylic oxidation sites excluding steroid dienone is 16. The molecular formula is C67H73N3. The summed E-state index contributed by atoms with van der Waals surface area (Å²) in [5.41, 5.74) is 15.7. The number of hydrogen-bond acceptors (Lipinski definition) is 3. The third-order valence-corrected chi connectivity index (χ3v) is 17.6. The Morgan fingerprint density at radius 3 is 2.11 bits per heavy atom. The zero-order chi connectivity index (χ0) is 46.8. The van der Waals surface area contributed by atoms with Crippen molar-refractivity contribution in [2.45, 2.75) is 139 Å². The molecule has 8 unspecified atom stereocenters. The molecule has 9 aliphatic rings. The third kappa shape index (κ3) is 9.22. The highest BCUT2D eigenvalue weighted by molar-refractivity contribution is 5.75. The van der Waals surface area contributed by atoms with E-state index in [0.717, 1.165) is 56.8 Å². The van der Waals surface area contributed by atoms with Crippen LogP contribution in [-0.2, 0) is 0 Å². The van der Waals surface area contributed by atoms with Gasteiger partial charge in [-0.15, -0.1) is 0 Å². The molecule has 3 aromatic rings. The standard InChI is InChI=1S/C67H73N3/c1-48-22-45-66-65(46-48)64-44-43-63(47-67(64)70(66)57-20-12-5-13-21-57)69(61-39-27-54(28-40-61)51-18-10-4-11-19-51)62-41-31-56(32-42-62)55-29-37-60(38-30-55)68(58-33-23-52(24-34-58)49-14-6-2-7-15-49)59-35-25-53(26-36-59)50-16-8-3-9-17-50/h2-4,6-10,12,14-16,20,22-26,29,31-33,35-37,39,41-45,48,50-51,54-55,57-58,60,67H,5,11,13,17-19,21,27-28,30,34,38,40,46-47H2,1H3/t48-,50?,51?,54?,55?,57?,58?,60?,67?/m0/s1. The fourth-order valence-corrected chi connectivity index (χ4v) is 13.8. The van der Waals surface area contributed by atoms with Crippen LogP contribution in [0.15, 0.2) is 216 Å². The van der Waals surface area contributed by atoms with Crippen LogP contribution < -0.4 is 9.80 Å². The number of hydrogen-bond donors (Lipinski definition) is 0. The van der Waals surface area contributed by atoms with Gasteiger partial charge in [-0.3, -0.25) is 0 Å². The lowest BCUT2D eigenvalue weighted by molar-refractivity contribution is 0.241. The van der Waals surface area contributed by atoms with Crippen LogP contribution >= 0.6 is 0 Å². The highest BCUT2D eigenvalue weighted by Gasteiger charge is 2.42. The van der Waals surface area contributed by atoms with Crippen LogP contribution in [0.3, 0.4) is 0 Å². The van der Waals surface area contributed by atoms with Crippen molar-refractivity contribution in [1.29, 1.82) is 0 Å². The highest BCUT2D eigenvalue weighted by atomic mass is 15.2. The Kier molecular flexibility index (Phi) is 13.1. The van der Waals surface area contributed by atoms with Crippen LogP contribution in [-0.4, -0.2) is 29.1 Å². The minimum absolute atomic E-state index is 0.299. The van der Waals surface area contributed by atoms with Crippen LogP contribution in [0.2, 0.25) is 0 Å². The molecule has 0 bridgehead atoms. The van der Waals surface area contributed by atoms with E-state index >= 15 is 0 Å². The molecule has 9 atom stereocenters. The summed E-state index contributed by atoms with van der Waals surface area (Å²) in [5, 5.41) is 0. The lowest BCUT2D eigenvalue weighted by Crippen LogP contribution is -2.43. The number of nitrogens with zero attached hydrogens (tertiary/aromatic N) is 3. The maximum Gasteiger partial charge on any atom is 0.0606 e. The lowest BCUT2D eigenvalue weighted by Gasteiger charge is -2.41. The van der Waals surface area contributed by atoms with Gasteiger partial charge >= 0.3 is 0 Å². The molecule has 8 aliphatic carbocycles. The first-order valence-corrected chi connectivity index (χ1v) is 27.5. The first-order valence-electron chi connectivity index (χ1n) is 27.5. The average molecular weight is 920 g/mol. The average Bonchev–Trinajstić information content (AvgIpc) is 3.75. The molecule has 0 N–H and O–H groups in total. The Labute approximate surface area is 419 Å². The summed E-state index contributed by atoms with van der Waals surface area (Å²) in [6.07, 6.45) is 61.6. The van der Waals surface area contributed by atoms with Gasteiger partial charge in [0.15, 0.2) is 0 Å². The molecule has 3 nitrogen and oxygen atoms in total. The molecule has 3 heteroatoms. The minimum Gasteiger partial charge on any atom is -0.358 e. The molecular weight excluding hydrogens is 847 g/mol. The predicted molar refractivity (Wildman–Crippen MR) is 295 cm³/mol. The summed E-state index contributed by atoms with van der Waals surface area (Å²) in [5.74, 6) is 3.08. The molecule has 0 spiro atoms. The van der Waals surface area contributed by atoms with Crippen LogP contribution in [0.25, 0.3) is 5.57 Å². The van der Waals surface area contributed by atoms with Crippen molar-refractivity contribution in [3.05, 3.63) is 233 Å². The smallest absolute Gasteiger partial charge is 0.0606 e. The molecule has 3 aromatic carbocycles. The quantitative estimate of drug-likeness (QED) is 0.177. The van der Waals surface area contributed by atoms with Gasteiger partial charge in [0.25, 0.3) is 0 Å². The summed E-state index contributed by atoms with van der Waals surface area (Å²) in [6, 6.07) is 31.8. The Balaban J connectivity index is 0.814. The van der Waals surface area contributed by atoms with Gasteiger partial charge in [0.2, 0.25) is 0 Å². The molecule has 12 rings (SSSR count). The van der Waals surface area contributed by atoms with E-state index in [1.807, 2.05) is 0 Å². The Morgan fingerprint density at radius 2 is 1.40 bits per heavy atom. The fourth-order valence-electron chi connectivity index (χ4n) is 13.8. The van der Waals surface area contributed by atoms with Gasteiger partial charge in [-0.1, -0.05) is 159 Å². The van der Waals surface area contributed by atoms with Crippen LogP contribution in [0, 0.1) is 17.8 Å². The second-order valence-corrected chi connectivity index (χ2v) is 21.9. The second kappa shape index (κ2) is 20.3. The molecule has 0 amide bonds.